The fraction of sp³-hybridized carbons (Fsp3) is 0.583. The molecular formula is C12H15ClF3NOS. The van der Waals surface area contributed by atoms with Gasteiger partial charge in [0.05, 0.1) is 0 Å². The van der Waals surface area contributed by atoms with E-state index < -0.39 is 18.6 Å². The lowest BCUT2D eigenvalue weighted by Crippen LogP contribution is -2.40. The topological polar surface area (TPSA) is 20.3 Å². The van der Waals surface area contributed by atoms with Gasteiger partial charge in [0.25, 0.3) is 0 Å². The molecule has 0 spiro atoms. The molecule has 1 rings (SSSR count). The third-order valence-electron chi connectivity index (χ3n) is 2.47. The molecule has 0 bridgehead atoms. The Labute approximate surface area is 119 Å². The van der Waals surface area contributed by atoms with Crippen molar-refractivity contribution in [3.63, 3.8) is 0 Å². The summed E-state index contributed by atoms with van der Waals surface area (Å²) in [6.07, 6.45) is -3.00. The molecule has 1 aromatic rings. The van der Waals surface area contributed by atoms with Crippen LogP contribution in [-0.4, -0.2) is 36.0 Å². The summed E-state index contributed by atoms with van der Waals surface area (Å²) in [7, 11) is 0. The Bertz CT molecular complexity index is 381. The molecule has 0 aliphatic carbocycles. The van der Waals surface area contributed by atoms with Gasteiger partial charge in [0.1, 0.15) is 6.54 Å². The molecule has 2 nitrogen and oxygen atoms in total. The van der Waals surface area contributed by atoms with Gasteiger partial charge in [0.2, 0.25) is 5.91 Å². The van der Waals surface area contributed by atoms with Gasteiger partial charge in [-0.1, -0.05) is 6.07 Å². The van der Waals surface area contributed by atoms with E-state index in [1.807, 2.05) is 17.5 Å². The van der Waals surface area contributed by atoms with Crippen LogP contribution >= 0.6 is 22.9 Å². The van der Waals surface area contributed by atoms with Gasteiger partial charge < -0.3 is 4.90 Å². The number of carbonyl (C=O) groups excluding carboxylic acids is 1. The van der Waals surface area contributed by atoms with Crippen molar-refractivity contribution in [2.75, 3.05) is 19.0 Å². The maximum absolute atomic E-state index is 12.3. The van der Waals surface area contributed by atoms with Crippen molar-refractivity contribution in [3.8, 4) is 0 Å². The maximum atomic E-state index is 12.3. The van der Waals surface area contributed by atoms with Crippen LogP contribution in [0, 0.1) is 0 Å². The fourth-order valence-corrected chi connectivity index (χ4v) is 2.59. The van der Waals surface area contributed by atoms with Crippen LogP contribution in [-0.2, 0) is 11.2 Å². The van der Waals surface area contributed by atoms with E-state index in [1.165, 1.54) is 0 Å². The van der Waals surface area contributed by atoms with E-state index in [9.17, 15) is 18.0 Å². The number of halogens is 4. The first-order valence-electron chi connectivity index (χ1n) is 5.85. The van der Waals surface area contributed by atoms with Crippen LogP contribution in [0.5, 0.6) is 0 Å². The van der Waals surface area contributed by atoms with Gasteiger partial charge >= 0.3 is 6.18 Å². The molecule has 19 heavy (non-hydrogen) atoms. The zero-order chi connectivity index (χ0) is 14.3. The third kappa shape index (κ3) is 6.82. The molecule has 0 saturated heterocycles. The number of aryl methyl sites for hydroxylation is 1. The average molecular weight is 314 g/mol. The normalized spacial score (nSPS) is 11.6. The smallest absolute Gasteiger partial charge is 0.332 e. The van der Waals surface area contributed by atoms with Crippen LogP contribution in [0.15, 0.2) is 17.5 Å². The average Bonchev–Trinajstić information content (AvgIpc) is 2.79. The summed E-state index contributed by atoms with van der Waals surface area (Å²) in [5.74, 6) is -0.484. The van der Waals surface area contributed by atoms with Crippen molar-refractivity contribution in [2.24, 2.45) is 0 Å². The Kier molecular flexibility index (Phi) is 6.65. The second-order valence-corrected chi connectivity index (χ2v) is 5.46. The van der Waals surface area contributed by atoms with Gasteiger partial charge in [-0.25, -0.2) is 0 Å². The number of thiophene rings is 1. The molecule has 0 aromatic carbocycles. The Morgan fingerprint density at radius 1 is 1.42 bits per heavy atom. The molecule has 0 radical (unpaired) electrons. The molecule has 1 amide bonds. The predicted molar refractivity (Wildman–Crippen MR) is 70.6 cm³/mol. The standard InChI is InChI=1S/C12H15ClF3NOS/c13-6-7-17(9-12(14,15)16)11(18)5-1-3-10-4-2-8-19-10/h2,4,8H,1,3,5-7,9H2. The number of hydrogen-bond donors (Lipinski definition) is 0. The zero-order valence-corrected chi connectivity index (χ0v) is 11.8. The molecular weight excluding hydrogens is 299 g/mol. The Balaban J connectivity index is 2.39. The summed E-state index contributed by atoms with van der Waals surface area (Å²) in [5, 5.41) is 1.93. The summed E-state index contributed by atoms with van der Waals surface area (Å²) in [6.45, 7) is -1.30. The summed E-state index contributed by atoms with van der Waals surface area (Å²) in [6, 6.07) is 3.85. The van der Waals surface area contributed by atoms with Crippen LogP contribution in [0.25, 0.3) is 0 Å². The number of hydrogen-bond acceptors (Lipinski definition) is 2. The molecule has 0 aliphatic heterocycles. The van der Waals surface area contributed by atoms with Gasteiger partial charge in [0.15, 0.2) is 0 Å². The molecule has 7 heteroatoms. The largest absolute Gasteiger partial charge is 0.406 e. The Morgan fingerprint density at radius 2 is 2.16 bits per heavy atom. The van der Waals surface area contributed by atoms with Crippen molar-refractivity contribution in [2.45, 2.75) is 25.4 Å². The number of amides is 1. The van der Waals surface area contributed by atoms with Crippen molar-refractivity contribution in [1.29, 1.82) is 0 Å². The number of nitrogens with zero attached hydrogens (tertiary/aromatic N) is 1. The minimum atomic E-state index is -4.38. The molecule has 0 aliphatic rings. The maximum Gasteiger partial charge on any atom is 0.406 e. The van der Waals surface area contributed by atoms with Crippen molar-refractivity contribution >= 4 is 28.8 Å². The highest BCUT2D eigenvalue weighted by molar-refractivity contribution is 7.09. The quantitative estimate of drug-likeness (QED) is 0.703. The van der Waals surface area contributed by atoms with Crippen LogP contribution < -0.4 is 0 Å². The van der Waals surface area contributed by atoms with Gasteiger partial charge in [-0.15, -0.1) is 22.9 Å². The molecule has 0 fully saturated rings. The Morgan fingerprint density at radius 3 is 2.68 bits per heavy atom. The monoisotopic (exact) mass is 313 g/mol. The molecule has 0 unspecified atom stereocenters. The second kappa shape index (κ2) is 7.75. The summed E-state index contributed by atoms with van der Waals surface area (Å²) < 4.78 is 36.9. The van der Waals surface area contributed by atoms with E-state index in [4.69, 9.17) is 11.6 Å². The highest BCUT2D eigenvalue weighted by Gasteiger charge is 2.32. The Hall–Kier alpha value is -0.750. The van der Waals surface area contributed by atoms with Crippen molar-refractivity contribution in [3.05, 3.63) is 22.4 Å². The number of carbonyl (C=O) groups is 1. The van der Waals surface area contributed by atoms with Gasteiger partial charge in [-0.2, -0.15) is 13.2 Å². The number of rotatable bonds is 7. The van der Waals surface area contributed by atoms with Gasteiger partial charge in [0, 0.05) is 23.7 Å². The lowest BCUT2D eigenvalue weighted by Gasteiger charge is -2.23. The van der Waals surface area contributed by atoms with E-state index >= 15 is 0 Å². The molecule has 0 atom stereocenters. The van der Waals surface area contributed by atoms with Gasteiger partial charge in [-0.05, 0) is 24.3 Å². The van der Waals surface area contributed by atoms with E-state index in [0.717, 1.165) is 9.78 Å². The van der Waals surface area contributed by atoms with Crippen molar-refractivity contribution in [1.82, 2.24) is 4.90 Å². The summed E-state index contributed by atoms with van der Waals surface area (Å²) in [5.41, 5.74) is 0. The lowest BCUT2D eigenvalue weighted by atomic mass is 10.2. The zero-order valence-electron chi connectivity index (χ0n) is 10.3. The fourth-order valence-electron chi connectivity index (χ4n) is 1.64. The minimum absolute atomic E-state index is 0.00669. The van der Waals surface area contributed by atoms with Gasteiger partial charge in [-0.3, -0.25) is 4.79 Å². The van der Waals surface area contributed by atoms with Crippen LogP contribution in [0.2, 0.25) is 0 Å². The predicted octanol–water partition coefficient (Wildman–Crippen LogP) is 3.70. The highest BCUT2D eigenvalue weighted by Crippen LogP contribution is 2.18. The van der Waals surface area contributed by atoms with E-state index in [-0.39, 0.29) is 18.8 Å². The third-order valence-corrected chi connectivity index (χ3v) is 3.58. The molecule has 0 N–H and O–H groups in total. The SMILES string of the molecule is O=C(CCCc1cccs1)N(CCCl)CC(F)(F)F. The lowest BCUT2D eigenvalue weighted by molar-refractivity contribution is -0.160. The van der Waals surface area contributed by atoms with Crippen LogP contribution in [0.4, 0.5) is 13.2 Å². The summed E-state index contributed by atoms with van der Waals surface area (Å²) in [4.78, 5) is 13.6. The molecule has 108 valence electrons. The van der Waals surface area contributed by atoms with E-state index in [2.05, 4.69) is 0 Å². The molecule has 1 aromatic heterocycles. The van der Waals surface area contributed by atoms with E-state index in [1.54, 1.807) is 11.3 Å². The molecule has 0 saturated carbocycles. The highest BCUT2D eigenvalue weighted by atomic mass is 35.5. The van der Waals surface area contributed by atoms with E-state index in [0.29, 0.717) is 12.8 Å². The summed E-state index contributed by atoms with van der Waals surface area (Å²) >= 11 is 7.00. The molecule has 1 heterocycles. The van der Waals surface area contributed by atoms with Crippen LogP contribution in [0.3, 0.4) is 0 Å². The number of alkyl halides is 4. The minimum Gasteiger partial charge on any atom is -0.332 e. The second-order valence-electron chi connectivity index (χ2n) is 4.05. The van der Waals surface area contributed by atoms with Crippen LogP contribution in [0.1, 0.15) is 17.7 Å². The first kappa shape index (κ1) is 16.3. The van der Waals surface area contributed by atoms with Crippen molar-refractivity contribution < 1.29 is 18.0 Å². The first-order chi connectivity index (χ1) is 8.92. The first-order valence-corrected chi connectivity index (χ1v) is 7.26.